The van der Waals surface area contributed by atoms with Crippen LogP contribution in [0.2, 0.25) is 0 Å². The molecule has 1 N–H and O–H groups in total. The van der Waals surface area contributed by atoms with Gasteiger partial charge >= 0.3 is 0 Å². The first-order valence-corrected chi connectivity index (χ1v) is 15.5. The fourth-order valence-electron chi connectivity index (χ4n) is 6.59. The van der Waals surface area contributed by atoms with Gasteiger partial charge in [0.15, 0.2) is 17.4 Å². The molecule has 1 aliphatic rings. The molecule has 0 fully saturated rings. The molecule has 0 bridgehead atoms. The minimum Gasteiger partial charge on any atom is -0.455 e. The van der Waals surface area contributed by atoms with E-state index in [-0.39, 0.29) is 5.41 Å². The molecule has 0 saturated heterocycles. The largest absolute Gasteiger partial charge is 0.455 e. The van der Waals surface area contributed by atoms with Gasteiger partial charge in [0.1, 0.15) is 5.75 Å². The third-order valence-electron chi connectivity index (χ3n) is 8.86. The molecule has 5 heteroatoms. The molecule has 222 valence electrons. The van der Waals surface area contributed by atoms with E-state index in [0.717, 1.165) is 56.6 Å². The molecule has 7 aromatic rings. The van der Waals surface area contributed by atoms with Crippen LogP contribution in [0, 0.1) is 0 Å². The molecule has 6 aromatic carbocycles. The van der Waals surface area contributed by atoms with Gasteiger partial charge in [-0.25, -0.2) is 0 Å². The number of fused-ring (bicyclic) bond motifs is 2. The number of nitrogens with one attached hydrogen (secondary N) is 1. The fourth-order valence-corrected chi connectivity index (χ4v) is 6.59. The topological polar surface area (TPSA) is 54.0 Å². The highest BCUT2D eigenvalue weighted by atomic mass is 16.5. The third kappa shape index (κ3) is 4.65. The molecule has 2 heterocycles. The maximum absolute atomic E-state index is 6.91. The van der Waals surface area contributed by atoms with E-state index in [9.17, 15) is 0 Å². The highest BCUT2D eigenvalue weighted by Gasteiger charge is 2.37. The number of rotatable bonds is 6. The summed E-state index contributed by atoms with van der Waals surface area (Å²) in [7, 11) is 0. The van der Waals surface area contributed by atoms with Crippen LogP contribution in [0.4, 0.5) is 17.1 Å². The van der Waals surface area contributed by atoms with Gasteiger partial charge in [0.25, 0.3) is 0 Å². The number of nitrogens with zero attached hydrogens (tertiary/aromatic N) is 3. The SMILES string of the molecule is CC1(C)c2ccccc2N(c2ccccc2Oc2ccccc2-c2ccccc2-c2nnc(-c3ccccc3)[nH]2)c2ccccc21. The van der Waals surface area contributed by atoms with Crippen molar-refractivity contribution in [3.8, 4) is 45.4 Å². The summed E-state index contributed by atoms with van der Waals surface area (Å²) in [6, 6.07) is 52.1. The average molecular weight is 597 g/mol. The van der Waals surface area contributed by atoms with E-state index in [4.69, 9.17) is 4.74 Å². The van der Waals surface area contributed by atoms with Crippen LogP contribution >= 0.6 is 0 Å². The van der Waals surface area contributed by atoms with Crippen molar-refractivity contribution in [3.05, 3.63) is 163 Å². The molecule has 0 saturated carbocycles. The number of ether oxygens (including phenoxy) is 1. The summed E-state index contributed by atoms with van der Waals surface area (Å²) in [6.07, 6.45) is 0. The van der Waals surface area contributed by atoms with Crippen molar-refractivity contribution in [1.29, 1.82) is 0 Å². The van der Waals surface area contributed by atoms with E-state index >= 15 is 0 Å². The molecule has 1 aliphatic heterocycles. The van der Waals surface area contributed by atoms with Gasteiger partial charge in [0.2, 0.25) is 0 Å². The summed E-state index contributed by atoms with van der Waals surface area (Å²) in [5, 5.41) is 9.00. The molecule has 0 atom stereocenters. The number of para-hydroxylation sites is 5. The molecule has 1 aromatic heterocycles. The number of aromatic nitrogens is 3. The van der Waals surface area contributed by atoms with Crippen molar-refractivity contribution in [2.24, 2.45) is 0 Å². The number of anilines is 3. The first-order chi connectivity index (χ1) is 22.6. The van der Waals surface area contributed by atoms with Gasteiger partial charge in [-0.3, -0.25) is 0 Å². The lowest BCUT2D eigenvalue weighted by atomic mass is 9.73. The normalized spacial score (nSPS) is 13.1. The van der Waals surface area contributed by atoms with Gasteiger partial charge in [-0.15, -0.1) is 10.2 Å². The lowest BCUT2D eigenvalue weighted by Crippen LogP contribution is -2.30. The average Bonchev–Trinajstić information content (AvgIpc) is 3.60. The molecule has 46 heavy (non-hydrogen) atoms. The molecular formula is C41H32N4O. The Morgan fingerprint density at radius 3 is 1.67 bits per heavy atom. The van der Waals surface area contributed by atoms with Crippen LogP contribution in [0.1, 0.15) is 25.0 Å². The molecule has 0 unspecified atom stereocenters. The van der Waals surface area contributed by atoms with Gasteiger partial charge < -0.3 is 14.6 Å². The summed E-state index contributed by atoms with van der Waals surface area (Å²) < 4.78 is 6.91. The molecule has 0 amide bonds. The van der Waals surface area contributed by atoms with Crippen LogP contribution in [0.15, 0.2) is 152 Å². The number of hydrogen-bond acceptors (Lipinski definition) is 4. The minimum atomic E-state index is -0.142. The van der Waals surface area contributed by atoms with Gasteiger partial charge in [-0.05, 0) is 47.0 Å². The standard InChI is InChI=1S/C41H32N4O/c1-41(2)32-21-9-11-23-34(32)45(35-24-12-10-22-33(35)41)36-25-13-15-27-38(36)46-37-26-14-8-19-30(37)29-18-6-7-20-31(29)40-42-39(43-44-40)28-16-4-3-5-17-28/h3-27H,1-2H3,(H,42,43,44). The summed E-state index contributed by atoms with van der Waals surface area (Å²) in [6.45, 7) is 4.60. The second-order valence-electron chi connectivity index (χ2n) is 12.0. The Labute approximate surface area is 268 Å². The van der Waals surface area contributed by atoms with Gasteiger partial charge in [0, 0.05) is 22.1 Å². The molecule has 5 nitrogen and oxygen atoms in total. The molecular weight excluding hydrogens is 564 g/mol. The number of hydrogen-bond donors (Lipinski definition) is 1. The smallest absolute Gasteiger partial charge is 0.162 e. The van der Waals surface area contributed by atoms with Crippen LogP contribution < -0.4 is 9.64 Å². The van der Waals surface area contributed by atoms with Crippen LogP contribution in [-0.2, 0) is 5.41 Å². The van der Waals surface area contributed by atoms with Crippen molar-refractivity contribution < 1.29 is 4.74 Å². The van der Waals surface area contributed by atoms with E-state index in [1.54, 1.807) is 0 Å². The highest BCUT2D eigenvalue weighted by Crippen LogP contribution is 2.53. The Bertz CT molecular complexity index is 2130. The number of H-pyrrole nitrogens is 1. The van der Waals surface area contributed by atoms with Crippen molar-refractivity contribution in [2.45, 2.75) is 19.3 Å². The van der Waals surface area contributed by atoms with Crippen molar-refractivity contribution in [3.63, 3.8) is 0 Å². The fraction of sp³-hybridized carbons (Fsp3) is 0.0732. The van der Waals surface area contributed by atoms with E-state index in [2.05, 4.69) is 113 Å². The quantitative estimate of drug-likeness (QED) is 0.207. The van der Waals surface area contributed by atoms with Gasteiger partial charge in [-0.2, -0.15) is 0 Å². The summed E-state index contributed by atoms with van der Waals surface area (Å²) in [5.74, 6) is 2.95. The monoisotopic (exact) mass is 596 g/mol. The Balaban J connectivity index is 1.22. The zero-order valence-electron chi connectivity index (χ0n) is 25.7. The van der Waals surface area contributed by atoms with Crippen molar-refractivity contribution in [1.82, 2.24) is 15.2 Å². The zero-order chi connectivity index (χ0) is 31.1. The maximum Gasteiger partial charge on any atom is 0.162 e. The van der Waals surface area contributed by atoms with E-state index in [0.29, 0.717) is 5.82 Å². The second-order valence-corrected chi connectivity index (χ2v) is 12.0. The first kappa shape index (κ1) is 27.6. The van der Waals surface area contributed by atoms with Gasteiger partial charge in [-0.1, -0.05) is 135 Å². The minimum absolute atomic E-state index is 0.142. The van der Waals surface area contributed by atoms with Crippen molar-refractivity contribution >= 4 is 17.1 Å². The Morgan fingerprint density at radius 1 is 0.478 bits per heavy atom. The number of benzene rings is 6. The van der Waals surface area contributed by atoms with Crippen LogP contribution in [0.5, 0.6) is 11.5 Å². The molecule has 8 rings (SSSR count). The Kier molecular flexibility index (Phi) is 6.72. The third-order valence-corrected chi connectivity index (χ3v) is 8.86. The number of aromatic amines is 1. The van der Waals surface area contributed by atoms with E-state index < -0.39 is 0 Å². The highest BCUT2D eigenvalue weighted by molar-refractivity contribution is 5.89. The summed E-state index contributed by atoms with van der Waals surface area (Å²) >= 11 is 0. The van der Waals surface area contributed by atoms with E-state index in [1.807, 2.05) is 72.8 Å². The molecule has 0 aliphatic carbocycles. The van der Waals surface area contributed by atoms with Crippen molar-refractivity contribution in [2.75, 3.05) is 4.90 Å². The lowest BCUT2D eigenvalue weighted by molar-refractivity contribution is 0.485. The zero-order valence-corrected chi connectivity index (χ0v) is 25.7. The molecule has 0 spiro atoms. The van der Waals surface area contributed by atoms with Gasteiger partial charge in [0.05, 0.1) is 17.1 Å². The predicted molar refractivity (Wildman–Crippen MR) is 186 cm³/mol. The first-order valence-electron chi connectivity index (χ1n) is 15.5. The summed E-state index contributed by atoms with van der Waals surface area (Å²) in [5.41, 5.74) is 9.60. The van der Waals surface area contributed by atoms with Crippen LogP contribution in [0.3, 0.4) is 0 Å². The Hall–Kier alpha value is -5.94. The maximum atomic E-state index is 6.91. The predicted octanol–water partition coefficient (Wildman–Crippen LogP) is 10.7. The van der Waals surface area contributed by atoms with Crippen LogP contribution in [0.25, 0.3) is 33.9 Å². The van der Waals surface area contributed by atoms with Crippen LogP contribution in [-0.4, -0.2) is 15.2 Å². The lowest BCUT2D eigenvalue weighted by Gasteiger charge is -2.42. The summed E-state index contributed by atoms with van der Waals surface area (Å²) in [4.78, 5) is 5.77. The Morgan fingerprint density at radius 2 is 0.978 bits per heavy atom. The second kappa shape index (κ2) is 11.2. The van der Waals surface area contributed by atoms with E-state index in [1.165, 1.54) is 11.1 Å². The molecule has 0 radical (unpaired) electrons.